The van der Waals surface area contributed by atoms with E-state index in [0.29, 0.717) is 5.92 Å². The molecule has 0 amide bonds. The van der Waals surface area contributed by atoms with E-state index >= 15 is 0 Å². The molecule has 0 aromatic heterocycles. The Morgan fingerprint density at radius 2 is 2.13 bits per heavy atom. The first-order valence-electron chi connectivity index (χ1n) is 5.52. The van der Waals surface area contributed by atoms with E-state index in [-0.39, 0.29) is 0 Å². The number of ether oxygens (including phenoxy) is 1. The van der Waals surface area contributed by atoms with E-state index in [9.17, 15) is 0 Å². The van der Waals surface area contributed by atoms with Crippen LogP contribution in [0.3, 0.4) is 0 Å². The summed E-state index contributed by atoms with van der Waals surface area (Å²) in [5.41, 5.74) is 1.20. The van der Waals surface area contributed by atoms with E-state index in [4.69, 9.17) is 4.74 Å². The highest BCUT2D eigenvalue weighted by atomic mass is 79.9. The van der Waals surface area contributed by atoms with Gasteiger partial charge in [0.05, 0.1) is 6.61 Å². The van der Waals surface area contributed by atoms with Crippen molar-refractivity contribution in [1.82, 2.24) is 0 Å². The van der Waals surface area contributed by atoms with Crippen molar-refractivity contribution in [3.63, 3.8) is 0 Å². The third-order valence-corrected chi connectivity index (χ3v) is 2.95. The van der Waals surface area contributed by atoms with Crippen LogP contribution in [-0.4, -0.2) is 6.61 Å². The fraction of sp³-hybridized carbons (Fsp3) is 0.538. The lowest BCUT2D eigenvalue weighted by Gasteiger charge is -2.13. The highest BCUT2D eigenvalue weighted by molar-refractivity contribution is 9.10. The largest absolute Gasteiger partial charge is 0.493 e. The first-order valence-corrected chi connectivity index (χ1v) is 6.31. The zero-order valence-electron chi connectivity index (χ0n) is 9.72. The molecule has 15 heavy (non-hydrogen) atoms. The van der Waals surface area contributed by atoms with Crippen molar-refractivity contribution < 1.29 is 4.74 Å². The Hall–Kier alpha value is -0.500. The zero-order valence-corrected chi connectivity index (χ0v) is 11.3. The summed E-state index contributed by atoms with van der Waals surface area (Å²) in [4.78, 5) is 0. The van der Waals surface area contributed by atoms with Crippen LogP contribution in [0.2, 0.25) is 0 Å². The topological polar surface area (TPSA) is 9.23 Å². The third-order valence-electron chi connectivity index (χ3n) is 2.46. The molecule has 0 bridgehead atoms. The summed E-state index contributed by atoms with van der Waals surface area (Å²) < 4.78 is 6.88. The minimum Gasteiger partial charge on any atom is -0.493 e. The molecule has 1 unspecified atom stereocenters. The molecule has 84 valence electrons. The van der Waals surface area contributed by atoms with Crippen LogP contribution in [0.25, 0.3) is 0 Å². The summed E-state index contributed by atoms with van der Waals surface area (Å²) in [6.45, 7) is 7.33. The van der Waals surface area contributed by atoms with Crippen molar-refractivity contribution in [2.75, 3.05) is 6.61 Å². The maximum Gasteiger partial charge on any atom is 0.123 e. The van der Waals surface area contributed by atoms with Crippen molar-refractivity contribution in [1.29, 1.82) is 0 Å². The Bertz CT molecular complexity index is 309. The van der Waals surface area contributed by atoms with Gasteiger partial charge in [0.1, 0.15) is 5.75 Å². The summed E-state index contributed by atoms with van der Waals surface area (Å²) in [5.74, 6) is 1.63. The molecule has 0 aliphatic carbocycles. The number of aryl methyl sites for hydroxylation is 1. The lowest BCUT2D eigenvalue weighted by Crippen LogP contribution is -2.08. The van der Waals surface area contributed by atoms with Crippen LogP contribution < -0.4 is 4.74 Å². The van der Waals surface area contributed by atoms with Crippen molar-refractivity contribution in [2.45, 2.75) is 33.6 Å². The molecule has 1 atom stereocenters. The van der Waals surface area contributed by atoms with Gasteiger partial charge in [-0.2, -0.15) is 0 Å². The highest BCUT2D eigenvalue weighted by Gasteiger charge is 2.04. The molecule has 0 saturated heterocycles. The maximum atomic E-state index is 5.80. The summed E-state index contributed by atoms with van der Waals surface area (Å²) in [6, 6.07) is 6.15. The van der Waals surface area contributed by atoms with E-state index < -0.39 is 0 Å². The first-order chi connectivity index (χ1) is 7.13. The molecule has 0 radical (unpaired) electrons. The highest BCUT2D eigenvalue weighted by Crippen LogP contribution is 2.23. The molecular formula is C13H19BrO. The van der Waals surface area contributed by atoms with Gasteiger partial charge >= 0.3 is 0 Å². The monoisotopic (exact) mass is 270 g/mol. The van der Waals surface area contributed by atoms with Gasteiger partial charge in [-0.3, -0.25) is 0 Å². The Morgan fingerprint density at radius 1 is 1.40 bits per heavy atom. The molecule has 0 N–H and O–H groups in total. The van der Waals surface area contributed by atoms with Crippen LogP contribution in [0.15, 0.2) is 22.7 Å². The maximum absolute atomic E-state index is 5.80. The van der Waals surface area contributed by atoms with Crippen molar-refractivity contribution in [3.05, 3.63) is 28.2 Å². The standard InChI is InChI=1S/C13H19BrO/c1-4-5-10(2)9-15-13-8-12(14)7-6-11(13)3/h6-8,10H,4-5,9H2,1-3H3. The molecule has 0 heterocycles. The van der Waals surface area contributed by atoms with E-state index in [2.05, 4.69) is 42.8 Å². The molecule has 0 aliphatic rings. The fourth-order valence-electron chi connectivity index (χ4n) is 1.54. The van der Waals surface area contributed by atoms with Gasteiger partial charge in [-0.1, -0.05) is 42.3 Å². The smallest absolute Gasteiger partial charge is 0.123 e. The molecule has 0 fully saturated rings. The summed E-state index contributed by atoms with van der Waals surface area (Å²) in [5, 5.41) is 0. The number of hydrogen-bond donors (Lipinski definition) is 0. The SMILES string of the molecule is CCCC(C)COc1cc(Br)ccc1C. The Labute approximate surface area is 101 Å². The number of halogens is 1. The van der Waals surface area contributed by atoms with E-state index in [0.717, 1.165) is 16.8 Å². The minimum absolute atomic E-state index is 0.633. The molecule has 0 spiro atoms. The van der Waals surface area contributed by atoms with Gasteiger partial charge < -0.3 is 4.74 Å². The van der Waals surface area contributed by atoms with Gasteiger partial charge in [0.2, 0.25) is 0 Å². The normalized spacial score (nSPS) is 12.5. The molecule has 1 nitrogen and oxygen atoms in total. The van der Waals surface area contributed by atoms with Gasteiger partial charge in [-0.25, -0.2) is 0 Å². The van der Waals surface area contributed by atoms with Crippen LogP contribution in [-0.2, 0) is 0 Å². The van der Waals surface area contributed by atoms with Gasteiger partial charge in [-0.15, -0.1) is 0 Å². The Balaban J connectivity index is 2.53. The van der Waals surface area contributed by atoms with E-state index in [1.54, 1.807) is 0 Å². The average Bonchev–Trinajstić information content (AvgIpc) is 2.20. The Morgan fingerprint density at radius 3 is 2.80 bits per heavy atom. The van der Waals surface area contributed by atoms with Crippen LogP contribution in [0.5, 0.6) is 5.75 Å². The lowest BCUT2D eigenvalue weighted by atomic mass is 10.1. The molecule has 0 saturated carbocycles. The fourth-order valence-corrected chi connectivity index (χ4v) is 1.88. The number of rotatable bonds is 5. The second-order valence-corrected chi connectivity index (χ2v) is 5.03. The predicted octanol–water partition coefficient (Wildman–Crippen LogP) is 4.57. The molecule has 2 heteroatoms. The first kappa shape index (κ1) is 12.6. The second kappa shape index (κ2) is 6.16. The Kier molecular flexibility index (Phi) is 5.16. The summed E-state index contributed by atoms with van der Waals surface area (Å²) in [6.07, 6.45) is 2.45. The van der Waals surface area contributed by atoms with Gasteiger partial charge in [0, 0.05) is 4.47 Å². The molecule has 1 rings (SSSR count). The molecular weight excluding hydrogens is 252 g/mol. The van der Waals surface area contributed by atoms with Crippen molar-refractivity contribution in [2.24, 2.45) is 5.92 Å². The van der Waals surface area contributed by atoms with Gasteiger partial charge in [-0.05, 0) is 37.0 Å². The summed E-state index contributed by atoms with van der Waals surface area (Å²) in [7, 11) is 0. The molecule has 1 aromatic carbocycles. The van der Waals surface area contributed by atoms with Crippen LogP contribution in [0.1, 0.15) is 32.3 Å². The minimum atomic E-state index is 0.633. The van der Waals surface area contributed by atoms with Crippen LogP contribution in [0.4, 0.5) is 0 Å². The van der Waals surface area contributed by atoms with Crippen LogP contribution >= 0.6 is 15.9 Å². The number of benzene rings is 1. The summed E-state index contributed by atoms with van der Waals surface area (Å²) >= 11 is 3.45. The van der Waals surface area contributed by atoms with Crippen molar-refractivity contribution >= 4 is 15.9 Å². The molecule has 1 aromatic rings. The van der Waals surface area contributed by atoms with E-state index in [1.807, 2.05) is 12.1 Å². The quantitative estimate of drug-likeness (QED) is 0.762. The van der Waals surface area contributed by atoms with Gasteiger partial charge in [0.25, 0.3) is 0 Å². The second-order valence-electron chi connectivity index (χ2n) is 4.11. The average molecular weight is 271 g/mol. The van der Waals surface area contributed by atoms with E-state index in [1.165, 1.54) is 18.4 Å². The third kappa shape index (κ3) is 4.25. The van der Waals surface area contributed by atoms with Crippen LogP contribution in [0, 0.1) is 12.8 Å². The number of hydrogen-bond acceptors (Lipinski definition) is 1. The van der Waals surface area contributed by atoms with Gasteiger partial charge in [0.15, 0.2) is 0 Å². The lowest BCUT2D eigenvalue weighted by molar-refractivity contribution is 0.250. The molecule has 0 aliphatic heterocycles. The van der Waals surface area contributed by atoms with Crippen molar-refractivity contribution in [3.8, 4) is 5.75 Å². The zero-order chi connectivity index (χ0) is 11.3. The predicted molar refractivity (Wildman–Crippen MR) is 68.4 cm³/mol.